The molecule has 0 radical (unpaired) electrons. The van der Waals surface area contributed by atoms with Gasteiger partial charge in [-0.15, -0.1) is 0 Å². The maximum Gasteiger partial charge on any atom is 0.320 e. The number of piperazine rings is 1. The smallest absolute Gasteiger partial charge is 0.320 e. The summed E-state index contributed by atoms with van der Waals surface area (Å²) < 4.78 is 11.5. The van der Waals surface area contributed by atoms with E-state index in [0.29, 0.717) is 39.3 Å². The number of carbonyl (C=O) groups excluding carboxylic acids is 2. The SMILES string of the molecule is CCOC(=O)CN1CCN(C(=O)C=CCNc2cc3c(N[C@H](C)c4ccccc4)ncnc3cc2OC2CCCC2)CC1. The summed E-state index contributed by atoms with van der Waals surface area (Å²) in [4.78, 5) is 37.5. The molecule has 1 amide bonds. The van der Waals surface area contributed by atoms with Crippen LogP contribution in [0.4, 0.5) is 11.5 Å². The highest BCUT2D eigenvalue weighted by Crippen LogP contribution is 2.35. The number of amides is 1. The van der Waals surface area contributed by atoms with Crippen LogP contribution < -0.4 is 15.4 Å². The minimum absolute atomic E-state index is 0.0340. The molecule has 0 unspecified atom stereocenters. The first-order chi connectivity index (χ1) is 21.0. The third-order valence-corrected chi connectivity index (χ3v) is 8.00. The van der Waals surface area contributed by atoms with E-state index in [0.717, 1.165) is 41.0 Å². The van der Waals surface area contributed by atoms with Gasteiger partial charge in [0.2, 0.25) is 5.91 Å². The standard InChI is InChI=1S/C33H42N6O4/c1-3-42-32(41)22-38-16-18-39(19-17-38)31(40)14-9-15-34-29-20-27-28(21-30(29)43-26-12-7-8-13-26)35-23-36-33(27)37-24(2)25-10-5-4-6-11-25/h4-6,9-11,14,20-21,23-24,26,34H,3,7-8,12-13,15-19,22H2,1-2H3,(H,35,36,37)/t24-/m1/s1. The molecule has 1 saturated carbocycles. The molecule has 0 bridgehead atoms. The zero-order valence-electron chi connectivity index (χ0n) is 25.1. The summed E-state index contributed by atoms with van der Waals surface area (Å²) in [6.07, 6.45) is 9.68. The molecule has 2 fully saturated rings. The molecule has 1 aromatic heterocycles. The molecule has 228 valence electrons. The van der Waals surface area contributed by atoms with Crippen LogP contribution in [0.25, 0.3) is 10.9 Å². The number of benzene rings is 2. The van der Waals surface area contributed by atoms with E-state index in [1.165, 1.54) is 18.4 Å². The first-order valence-electron chi connectivity index (χ1n) is 15.3. The summed E-state index contributed by atoms with van der Waals surface area (Å²) in [5.41, 5.74) is 2.82. The molecule has 5 rings (SSSR count). The lowest BCUT2D eigenvalue weighted by Crippen LogP contribution is -2.49. The first-order valence-corrected chi connectivity index (χ1v) is 15.3. The fraction of sp³-hybridized carbons (Fsp3) is 0.455. The number of carbonyl (C=O) groups is 2. The Morgan fingerprint density at radius 3 is 2.58 bits per heavy atom. The Kier molecular flexibility index (Phi) is 10.4. The van der Waals surface area contributed by atoms with Crippen molar-refractivity contribution in [2.24, 2.45) is 0 Å². The fourth-order valence-electron chi connectivity index (χ4n) is 5.60. The monoisotopic (exact) mass is 586 g/mol. The van der Waals surface area contributed by atoms with Gasteiger partial charge in [0, 0.05) is 56.3 Å². The van der Waals surface area contributed by atoms with Crippen molar-refractivity contribution in [3.63, 3.8) is 0 Å². The van der Waals surface area contributed by atoms with Gasteiger partial charge in [-0.1, -0.05) is 36.4 Å². The largest absolute Gasteiger partial charge is 0.488 e. The van der Waals surface area contributed by atoms with Crippen LogP contribution in [0.2, 0.25) is 0 Å². The van der Waals surface area contributed by atoms with Crippen molar-refractivity contribution in [2.45, 2.75) is 51.7 Å². The summed E-state index contributed by atoms with van der Waals surface area (Å²) in [7, 11) is 0. The first kappa shape index (κ1) is 30.3. The van der Waals surface area contributed by atoms with Crippen LogP contribution in [-0.4, -0.2) is 83.6 Å². The average Bonchev–Trinajstić information content (AvgIpc) is 3.53. The number of nitrogens with one attached hydrogen (secondary N) is 2. The number of nitrogens with zero attached hydrogens (tertiary/aromatic N) is 4. The summed E-state index contributed by atoms with van der Waals surface area (Å²) in [5.74, 6) is 1.26. The number of anilines is 2. The summed E-state index contributed by atoms with van der Waals surface area (Å²) >= 11 is 0. The number of hydrogen-bond donors (Lipinski definition) is 2. The van der Waals surface area contributed by atoms with Crippen LogP contribution in [0, 0.1) is 0 Å². The molecular weight excluding hydrogens is 544 g/mol. The van der Waals surface area contributed by atoms with Gasteiger partial charge in [0.15, 0.2) is 0 Å². The van der Waals surface area contributed by atoms with Crippen LogP contribution in [0.5, 0.6) is 5.75 Å². The van der Waals surface area contributed by atoms with Crippen molar-refractivity contribution in [3.8, 4) is 5.75 Å². The van der Waals surface area contributed by atoms with Gasteiger partial charge in [-0.25, -0.2) is 9.97 Å². The zero-order chi connectivity index (χ0) is 30.0. The number of aromatic nitrogens is 2. The molecule has 3 aromatic rings. The lowest BCUT2D eigenvalue weighted by molar-refractivity contribution is -0.145. The third-order valence-electron chi connectivity index (χ3n) is 8.00. The third kappa shape index (κ3) is 8.22. The number of hydrogen-bond acceptors (Lipinski definition) is 9. The second-order valence-electron chi connectivity index (χ2n) is 11.1. The molecule has 1 atom stereocenters. The normalized spacial score (nSPS) is 16.8. The Bertz CT molecular complexity index is 1400. The molecule has 10 heteroatoms. The van der Waals surface area contributed by atoms with E-state index in [1.54, 1.807) is 19.3 Å². The van der Waals surface area contributed by atoms with Gasteiger partial charge >= 0.3 is 5.97 Å². The molecule has 2 heterocycles. The van der Waals surface area contributed by atoms with Gasteiger partial charge in [-0.3, -0.25) is 14.5 Å². The Balaban J connectivity index is 1.25. The van der Waals surface area contributed by atoms with E-state index in [9.17, 15) is 9.59 Å². The Morgan fingerprint density at radius 2 is 1.84 bits per heavy atom. The fourth-order valence-corrected chi connectivity index (χ4v) is 5.60. The average molecular weight is 587 g/mol. The summed E-state index contributed by atoms with van der Waals surface area (Å²) in [6.45, 7) is 7.47. The van der Waals surface area contributed by atoms with Gasteiger partial charge in [0.05, 0.1) is 30.5 Å². The van der Waals surface area contributed by atoms with Crippen LogP contribution in [-0.2, 0) is 14.3 Å². The molecule has 43 heavy (non-hydrogen) atoms. The van der Waals surface area contributed by atoms with E-state index >= 15 is 0 Å². The van der Waals surface area contributed by atoms with Gasteiger partial charge in [-0.2, -0.15) is 0 Å². The highest BCUT2D eigenvalue weighted by Gasteiger charge is 2.22. The van der Waals surface area contributed by atoms with Gasteiger partial charge in [0.1, 0.15) is 17.9 Å². The lowest BCUT2D eigenvalue weighted by Gasteiger charge is -2.33. The Labute approximate surface area is 253 Å². The molecule has 2 aliphatic rings. The number of fused-ring (bicyclic) bond motifs is 1. The second kappa shape index (κ2) is 14.8. The van der Waals surface area contributed by atoms with Gasteiger partial charge in [0.25, 0.3) is 0 Å². The summed E-state index contributed by atoms with van der Waals surface area (Å²) in [6, 6.07) is 14.4. The van der Waals surface area contributed by atoms with Crippen LogP contribution in [0.1, 0.15) is 51.1 Å². The molecule has 2 N–H and O–H groups in total. The van der Waals surface area contributed by atoms with Crippen molar-refractivity contribution in [1.82, 2.24) is 19.8 Å². The molecule has 0 spiro atoms. The van der Waals surface area contributed by atoms with Crippen LogP contribution in [0.3, 0.4) is 0 Å². The van der Waals surface area contributed by atoms with E-state index in [-0.39, 0.29) is 30.6 Å². The molecule has 10 nitrogen and oxygen atoms in total. The van der Waals surface area contributed by atoms with E-state index in [4.69, 9.17) is 9.47 Å². The zero-order valence-corrected chi connectivity index (χ0v) is 25.1. The molecule has 1 saturated heterocycles. The van der Waals surface area contributed by atoms with Crippen molar-refractivity contribution < 1.29 is 19.1 Å². The number of ether oxygens (including phenoxy) is 2. The topological polar surface area (TPSA) is 109 Å². The molecule has 1 aliphatic carbocycles. The van der Waals surface area contributed by atoms with E-state index in [2.05, 4.69) is 39.7 Å². The quantitative estimate of drug-likeness (QED) is 0.229. The highest BCUT2D eigenvalue weighted by molar-refractivity contribution is 5.94. The van der Waals surface area contributed by atoms with Crippen molar-refractivity contribution in [3.05, 3.63) is 66.5 Å². The minimum Gasteiger partial charge on any atom is -0.488 e. The second-order valence-corrected chi connectivity index (χ2v) is 11.1. The number of esters is 1. The Morgan fingerprint density at radius 1 is 1.07 bits per heavy atom. The molecular formula is C33H42N6O4. The summed E-state index contributed by atoms with van der Waals surface area (Å²) in [5, 5.41) is 7.91. The van der Waals surface area contributed by atoms with E-state index in [1.807, 2.05) is 46.2 Å². The predicted octanol–water partition coefficient (Wildman–Crippen LogP) is 4.80. The van der Waals surface area contributed by atoms with E-state index < -0.39 is 0 Å². The van der Waals surface area contributed by atoms with Crippen molar-refractivity contribution in [1.29, 1.82) is 0 Å². The Hall–Kier alpha value is -4.18. The minimum atomic E-state index is -0.224. The lowest BCUT2D eigenvalue weighted by atomic mass is 10.1. The molecule has 2 aromatic carbocycles. The van der Waals surface area contributed by atoms with Crippen LogP contribution in [0.15, 0.2) is 60.9 Å². The molecule has 1 aliphatic heterocycles. The predicted molar refractivity (Wildman–Crippen MR) is 168 cm³/mol. The van der Waals surface area contributed by atoms with Gasteiger partial charge < -0.3 is 25.0 Å². The van der Waals surface area contributed by atoms with Crippen molar-refractivity contribution in [2.75, 3.05) is 56.5 Å². The van der Waals surface area contributed by atoms with Gasteiger partial charge in [-0.05, 0) is 51.2 Å². The number of rotatable bonds is 12. The maximum absolute atomic E-state index is 12.8. The maximum atomic E-state index is 12.8. The highest BCUT2D eigenvalue weighted by atomic mass is 16.5. The van der Waals surface area contributed by atoms with Crippen molar-refractivity contribution >= 4 is 34.3 Å². The van der Waals surface area contributed by atoms with Crippen LogP contribution >= 0.6 is 0 Å².